The lowest BCUT2D eigenvalue weighted by atomic mass is 10.0. The van der Waals surface area contributed by atoms with Crippen LogP contribution in [0.3, 0.4) is 0 Å². The average Bonchev–Trinajstić information content (AvgIpc) is 2.98. The van der Waals surface area contributed by atoms with Crippen LogP contribution < -0.4 is 5.32 Å². The zero-order chi connectivity index (χ0) is 18.6. The van der Waals surface area contributed by atoms with E-state index in [1.165, 1.54) is 24.3 Å². The minimum absolute atomic E-state index is 0.267. The topological polar surface area (TPSA) is 67.2 Å². The molecule has 25 heavy (non-hydrogen) atoms. The van der Waals surface area contributed by atoms with Crippen LogP contribution >= 0.6 is 0 Å². The molecule has 2 aromatic rings. The number of carbonyl (C=O) groups is 1. The van der Waals surface area contributed by atoms with E-state index < -0.39 is 12.1 Å². The summed E-state index contributed by atoms with van der Waals surface area (Å²) < 4.78 is 14.9. The van der Waals surface area contributed by atoms with Crippen molar-refractivity contribution in [3.05, 3.63) is 53.1 Å². The van der Waals surface area contributed by atoms with E-state index in [1.54, 1.807) is 13.0 Å². The Kier molecular flexibility index (Phi) is 6.31. The van der Waals surface area contributed by atoms with E-state index in [0.717, 1.165) is 18.5 Å². The van der Waals surface area contributed by atoms with Crippen molar-refractivity contribution in [3.63, 3.8) is 0 Å². The molecule has 6 heteroatoms. The molecule has 0 aliphatic heterocycles. The van der Waals surface area contributed by atoms with Gasteiger partial charge < -0.3 is 10.4 Å². The van der Waals surface area contributed by atoms with Crippen LogP contribution in [0.2, 0.25) is 0 Å². The number of hydrogen-bond acceptors (Lipinski definition) is 3. The van der Waals surface area contributed by atoms with Crippen LogP contribution in [0.4, 0.5) is 4.39 Å². The number of aromatic nitrogens is 2. The Morgan fingerprint density at radius 1 is 1.28 bits per heavy atom. The van der Waals surface area contributed by atoms with Crippen LogP contribution in [0.15, 0.2) is 30.3 Å². The monoisotopic (exact) mass is 347 g/mol. The number of benzene rings is 1. The van der Waals surface area contributed by atoms with E-state index in [0.29, 0.717) is 11.3 Å². The van der Waals surface area contributed by atoms with Crippen molar-refractivity contribution < 1.29 is 14.3 Å². The first-order valence-electron chi connectivity index (χ1n) is 8.67. The summed E-state index contributed by atoms with van der Waals surface area (Å²) in [6.07, 6.45) is 0.964. The van der Waals surface area contributed by atoms with Crippen LogP contribution in [-0.4, -0.2) is 26.8 Å². The van der Waals surface area contributed by atoms with E-state index in [-0.39, 0.29) is 17.8 Å². The van der Waals surface area contributed by atoms with Crippen LogP contribution in [-0.2, 0) is 0 Å². The number of rotatable bonds is 7. The lowest BCUT2D eigenvalue weighted by Gasteiger charge is -2.20. The van der Waals surface area contributed by atoms with Gasteiger partial charge in [-0.15, -0.1) is 0 Å². The molecule has 1 amide bonds. The highest BCUT2D eigenvalue weighted by Gasteiger charge is 2.22. The largest absolute Gasteiger partial charge is 0.386 e. The number of nitrogens with one attached hydrogen (secondary N) is 1. The van der Waals surface area contributed by atoms with Gasteiger partial charge in [0.05, 0.1) is 18.2 Å². The van der Waals surface area contributed by atoms with Gasteiger partial charge in [-0.3, -0.25) is 9.48 Å². The van der Waals surface area contributed by atoms with Gasteiger partial charge in [0.1, 0.15) is 11.5 Å². The lowest BCUT2D eigenvalue weighted by Crippen LogP contribution is -2.37. The molecule has 0 saturated carbocycles. The Morgan fingerprint density at radius 3 is 2.44 bits per heavy atom. The maximum absolute atomic E-state index is 13.0. The fraction of sp³-hybridized carbons (Fsp3) is 0.474. The number of hydrogen-bond donors (Lipinski definition) is 2. The van der Waals surface area contributed by atoms with Crippen molar-refractivity contribution in [3.8, 4) is 0 Å². The standard InChI is InChI=1S/C19H26FN3O2/c1-5-16(6-2)23-12(3)11-17(22-23)19(25)21-13(4)18(24)14-7-9-15(20)10-8-14/h7-11,13,16,18,24H,5-6H2,1-4H3,(H,21,25). The van der Waals surface area contributed by atoms with Crippen LogP contribution in [0.25, 0.3) is 0 Å². The van der Waals surface area contributed by atoms with Crippen molar-refractivity contribution in [1.29, 1.82) is 0 Å². The summed E-state index contributed by atoms with van der Waals surface area (Å²) in [4.78, 5) is 12.5. The Balaban J connectivity index is 2.08. The van der Waals surface area contributed by atoms with Gasteiger partial charge in [-0.1, -0.05) is 26.0 Å². The molecule has 136 valence electrons. The van der Waals surface area contributed by atoms with Crippen molar-refractivity contribution in [2.45, 2.75) is 58.7 Å². The fourth-order valence-electron chi connectivity index (χ4n) is 2.91. The third kappa shape index (κ3) is 4.45. The molecule has 0 aliphatic rings. The maximum Gasteiger partial charge on any atom is 0.272 e. The van der Waals surface area contributed by atoms with Crippen molar-refractivity contribution >= 4 is 5.91 Å². The summed E-state index contributed by atoms with van der Waals surface area (Å²) >= 11 is 0. The van der Waals surface area contributed by atoms with Gasteiger partial charge in [-0.2, -0.15) is 5.10 Å². The molecule has 0 spiro atoms. The summed E-state index contributed by atoms with van der Waals surface area (Å²) in [6, 6.07) is 7.08. The smallest absolute Gasteiger partial charge is 0.272 e. The minimum atomic E-state index is -0.924. The van der Waals surface area contributed by atoms with Crippen LogP contribution in [0.1, 0.15) is 67.5 Å². The molecule has 0 radical (unpaired) electrons. The van der Waals surface area contributed by atoms with Gasteiger partial charge in [0.15, 0.2) is 0 Å². The molecule has 0 bridgehead atoms. The van der Waals surface area contributed by atoms with E-state index in [9.17, 15) is 14.3 Å². The third-order valence-electron chi connectivity index (χ3n) is 4.49. The molecule has 0 fully saturated rings. The molecule has 1 heterocycles. The predicted octanol–water partition coefficient (Wildman–Crippen LogP) is 3.54. The number of halogens is 1. The summed E-state index contributed by atoms with van der Waals surface area (Å²) in [7, 11) is 0. The number of aliphatic hydroxyl groups excluding tert-OH is 1. The molecule has 2 atom stereocenters. The highest BCUT2D eigenvalue weighted by molar-refractivity contribution is 5.92. The SMILES string of the molecule is CCC(CC)n1nc(C(=O)NC(C)C(O)c2ccc(F)cc2)cc1C. The molecule has 1 aromatic carbocycles. The molecule has 1 aromatic heterocycles. The van der Waals surface area contributed by atoms with Gasteiger partial charge in [0.25, 0.3) is 5.91 Å². The molecule has 5 nitrogen and oxygen atoms in total. The Hall–Kier alpha value is -2.21. The van der Waals surface area contributed by atoms with E-state index in [1.807, 2.05) is 11.6 Å². The van der Waals surface area contributed by atoms with E-state index in [2.05, 4.69) is 24.3 Å². The van der Waals surface area contributed by atoms with Crippen molar-refractivity contribution in [2.75, 3.05) is 0 Å². The molecule has 0 aliphatic carbocycles. The Morgan fingerprint density at radius 2 is 1.88 bits per heavy atom. The number of carbonyl (C=O) groups excluding carboxylic acids is 1. The molecule has 2 N–H and O–H groups in total. The molecular weight excluding hydrogens is 321 g/mol. The van der Waals surface area contributed by atoms with Gasteiger partial charge >= 0.3 is 0 Å². The molecule has 2 unspecified atom stereocenters. The quantitative estimate of drug-likeness (QED) is 0.805. The lowest BCUT2D eigenvalue weighted by molar-refractivity contribution is 0.0846. The maximum atomic E-state index is 13.0. The van der Waals surface area contributed by atoms with Gasteiger partial charge in [-0.05, 0) is 50.5 Å². The molecule has 0 saturated heterocycles. The van der Waals surface area contributed by atoms with Crippen LogP contribution in [0, 0.1) is 12.7 Å². The first-order valence-corrected chi connectivity index (χ1v) is 8.67. The molecule has 2 rings (SSSR count). The highest BCUT2D eigenvalue weighted by Crippen LogP contribution is 2.19. The summed E-state index contributed by atoms with van der Waals surface area (Å²) in [5, 5.41) is 17.5. The number of amides is 1. The highest BCUT2D eigenvalue weighted by atomic mass is 19.1. The minimum Gasteiger partial charge on any atom is -0.386 e. The van der Waals surface area contributed by atoms with E-state index >= 15 is 0 Å². The second-order valence-corrected chi connectivity index (χ2v) is 6.34. The summed E-state index contributed by atoms with van der Waals surface area (Å²) in [5.41, 5.74) is 1.82. The second kappa shape index (κ2) is 8.25. The number of aliphatic hydroxyl groups is 1. The zero-order valence-corrected chi connectivity index (χ0v) is 15.2. The Labute approximate surface area is 147 Å². The van der Waals surface area contributed by atoms with E-state index in [4.69, 9.17) is 0 Å². The third-order valence-corrected chi connectivity index (χ3v) is 4.49. The molecular formula is C19H26FN3O2. The van der Waals surface area contributed by atoms with Crippen molar-refractivity contribution in [2.24, 2.45) is 0 Å². The normalized spacial score (nSPS) is 13.7. The number of nitrogens with zero attached hydrogens (tertiary/aromatic N) is 2. The van der Waals surface area contributed by atoms with Gasteiger partial charge in [0, 0.05) is 5.69 Å². The Bertz CT molecular complexity index is 708. The average molecular weight is 347 g/mol. The van der Waals surface area contributed by atoms with Crippen LogP contribution in [0.5, 0.6) is 0 Å². The first kappa shape index (κ1) is 19.1. The summed E-state index contributed by atoms with van der Waals surface area (Å²) in [6.45, 7) is 7.82. The fourth-order valence-corrected chi connectivity index (χ4v) is 2.91. The van der Waals surface area contributed by atoms with Crippen molar-refractivity contribution in [1.82, 2.24) is 15.1 Å². The zero-order valence-electron chi connectivity index (χ0n) is 15.2. The first-order chi connectivity index (χ1) is 11.9. The predicted molar refractivity (Wildman–Crippen MR) is 94.9 cm³/mol. The summed E-state index contributed by atoms with van der Waals surface area (Å²) in [5.74, 6) is -0.698. The van der Waals surface area contributed by atoms with Gasteiger partial charge in [-0.25, -0.2) is 4.39 Å². The number of aryl methyl sites for hydroxylation is 1. The second-order valence-electron chi connectivity index (χ2n) is 6.34. The van der Waals surface area contributed by atoms with Gasteiger partial charge in [0.2, 0.25) is 0 Å².